The van der Waals surface area contributed by atoms with Gasteiger partial charge in [0, 0.05) is 12.2 Å². The zero-order valence-corrected chi connectivity index (χ0v) is 16.4. The van der Waals surface area contributed by atoms with Gasteiger partial charge in [-0.15, -0.1) is 0 Å². The van der Waals surface area contributed by atoms with E-state index >= 15 is 0 Å². The molecule has 0 spiro atoms. The zero-order chi connectivity index (χ0) is 19.4. The lowest BCUT2D eigenvalue weighted by atomic mass is 10.0. The summed E-state index contributed by atoms with van der Waals surface area (Å²) in [6, 6.07) is 14.1. The maximum Gasteiger partial charge on any atom is 0.242 e. The summed E-state index contributed by atoms with van der Waals surface area (Å²) in [6.07, 6.45) is -0.254. The molecule has 1 aliphatic heterocycles. The number of amides is 1. The lowest BCUT2D eigenvalue weighted by molar-refractivity contribution is -0.123. The molecule has 2 atom stereocenters. The van der Waals surface area contributed by atoms with Gasteiger partial charge in [-0.25, -0.2) is 10.9 Å². The van der Waals surface area contributed by atoms with Crippen LogP contribution in [0.3, 0.4) is 0 Å². The Balaban J connectivity index is 1.57. The lowest BCUT2D eigenvalue weighted by Gasteiger charge is -2.20. The molecule has 1 saturated heterocycles. The number of carbonyl (C=O) groups excluding carboxylic acids is 1. The van der Waals surface area contributed by atoms with Crippen molar-refractivity contribution in [1.29, 1.82) is 0 Å². The molecule has 0 saturated carbocycles. The number of aryl methyl sites for hydroxylation is 2. The number of hydrazine groups is 2. The maximum absolute atomic E-state index is 12.6. The van der Waals surface area contributed by atoms with Crippen molar-refractivity contribution in [2.24, 2.45) is 0 Å². The first-order valence-corrected chi connectivity index (χ1v) is 9.40. The maximum atomic E-state index is 12.6. The first kappa shape index (κ1) is 19.4. The average molecular weight is 367 g/mol. The predicted octanol–water partition coefficient (Wildman–Crippen LogP) is 2.46. The van der Waals surface area contributed by atoms with Gasteiger partial charge in [0.2, 0.25) is 5.91 Å². The van der Waals surface area contributed by atoms with Crippen molar-refractivity contribution >= 4 is 11.6 Å². The second kappa shape index (κ2) is 8.52. The fourth-order valence-corrected chi connectivity index (χ4v) is 3.03. The highest BCUT2D eigenvalue weighted by Gasteiger charge is 2.32. The van der Waals surface area contributed by atoms with Crippen molar-refractivity contribution < 1.29 is 4.79 Å². The molecule has 2 unspecified atom stereocenters. The van der Waals surface area contributed by atoms with Crippen LogP contribution in [0.4, 0.5) is 5.69 Å². The molecule has 6 nitrogen and oxygen atoms in total. The molecule has 0 aliphatic carbocycles. The van der Waals surface area contributed by atoms with Crippen molar-refractivity contribution in [3.8, 4) is 0 Å². The Bertz CT molecular complexity index is 788. The quantitative estimate of drug-likeness (QED) is 0.542. The lowest BCUT2D eigenvalue weighted by Crippen LogP contribution is -2.50. The van der Waals surface area contributed by atoms with Crippen LogP contribution in [0, 0.1) is 13.8 Å². The third-order valence-electron chi connectivity index (χ3n) is 5.01. The molecule has 1 aliphatic rings. The third-order valence-corrected chi connectivity index (χ3v) is 5.01. The molecule has 1 amide bonds. The van der Waals surface area contributed by atoms with Gasteiger partial charge in [0.05, 0.1) is 0 Å². The second-order valence-corrected chi connectivity index (χ2v) is 7.43. The Labute approximate surface area is 161 Å². The number of carbonyl (C=O) groups is 1. The Morgan fingerprint density at radius 3 is 2.44 bits per heavy atom. The Morgan fingerprint density at radius 2 is 1.78 bits per heavy atom. The van der Waals surface area contributed by atoms with Crippen LogP contribution in [0.25, 0.3) is 0 Å². The van der Waals surface area contributed by atoms with Gasteiger partial charge in [-0.3, -0.25) is 4.79 Å². The first-order valence-electron chi connectivity index (χ1n) is 9.40. The van der Waals surface area contributed by atoms with Crippen LogP contribution < -0.4 is 27.0 Å². The topological polar surface area (TPSA) is 77.2 Å². The highest BCUT2D eigenvalue weighted by atomic mass is 16.2. The summed E-state index contributed by atoms with van der Waals surface area (Å²) in [5, 5.41) is 6.37. The van der Waals surface area contributed by atoms with Crippen molar-refractivity contribution in [3.05, 3.63) is 64.7 Å². The van der Waals surface area contributed by atoms with Gasteiger partial charge in [0.15, 0.2) is 0 Å². The van der Waals surface area contributed by atoms with Crippen molar-refractivity contribution in [2.75, 3.05) is 5.32 Å². The summed E-state index contributed by atoms with van der Waals surface area (Å²) < 4.78 is 0. The van der Waals surface area contributed by atoms with Crippen LogP contribution in [-0.4, -0.2) is 18.1 Å². The first-order chi connectivity index (χ1) is 12.9. The molecular weight excluding hydrogens is 338 g/mol. The molecule has 0 radical (unpaired) electrons. The molecule has 2 aromatic carbocycles. The molecule has 1 fully saturated rings. The van der Waals surface area contributed by atoms with Crippen molar-refractivity contribution in [2.45, 2.75) is 52.4 Å². The van der Waals surface area contributed by atoms with Gasteiger partial charge in [-0.1, -0.05) is 44.2 Å². The van der Waals surface area contributed by atoms with Crippen molar-refractivity contribution in [1.82, 2.24) is 21.7 Å². The Hall–Kier alpha value is -2.41. The number of anilines is 1. The number of rotatable bonds is 6. The molecular formula is C21H29N5O. The van der Waals surface area contributed by atoms with Crippen LogP contribution in [0.2, 0.25) is 0 Å². The SMILES string of the molecule is Cc1ccc(NC2NNNC2C(=O)NCc2ccc(C(C)C)cc2)cc1C. The number of benzene rings is 2. The van der Waals surface area contributed by atoms with Crippen LogP contribution in [0.15, 0.2) is 42.5 Å². The van der Waals surface area contributed by atoms with E-state index in [1.165, 1.54) is 16.7 Å². The highest BCUT2D eigenvalue weighted by molar-refractivity contribution is 5.83. The fourth-order valence-electron chi connectivity index (χ4n) is 3.03. The van der Waals surface area contributed by atoms with Crippen molar-refractivity contribution in [3.63, 3.8) is 0 Å². The number of hydrogen-bond donors (Lipinski definition) is 5. The fraction of sp³-hybridized carbons (Fsp3) is 0.381. The molecule has 6 heteroatoms. The van der Waals surface area contributed by atoms with Crippen LogP contribution in [0.1, 0.15) is 42.0 Å². The zero-order valence-electron chi connectivity index (χ0n) is 16.4. The summed E-state index contributed by atoms with van der Waals surface area (Å²) in [5.74, 6) is 0.437. The van der Waals surface area contributed by atoms with Gasteiger partial charge in [-0.05, 0) is 54.2 Å². The molecule has 27 heavy (non-hydrogen) atoms. The van der Waals surface area contributed by atoms with E-state index in [4.69, 9.17) is 0 Å². The summed E-state index contributed by atoms with van der Waals surface area (Å²) in [7, 11) is 0. The third kappa shape index (κ3) is 4.86. The van der Waals surface area contributed by atoms with E-state index in [0.29, 0.717) is 12.5 Å². The second-order valence-electron chi connectivity index (χ2n) is 7.43. The van der Waals surface area contributed by atoms with Gasteiger partial charge in [-0.2, -0.15) is 5.53 Å². The Kier molecular flexibility index (Phi) is 6.11. The minimum Gasteiger partial charge on any atom is -0.367 e. The molecule has 3 rings (SSSR count). The Morgan fingerprint density at radius 1 is 1.04 bits per heavy atom. The average Bonchev–Trinajstić information content (AvgIpc) is 3.11. The van der Waals surface area contributed by atoms with E-state index in [0.717, 1.165) is 11.3 Å². The van der Waals surface area contributed by atoms with E-state index in [9.17, 15) is 4.79 Å². The molecule has 0 bridgehead atoms. The minimum atomic E-state index is -0.429. The summed E-state index contributed by atoms with van der Waals surface area (Å²) in [6.45, 7) is 9.01. The van der Waals surface area contributed by atoms with E-state index in [-0.39, 0.29) is 12.1 Å². The standard InChI is InChI=1S/C21H29N5O/c1-13(2)17-8-6-16(7-9-17)12-22-21(27)19-20(25-26-24-19)23-18-10-5-14(3)15(4)11-18/h5-11,13,19-20,23-26H,12H2,1-4H3,(H,22,27). The molecule has 1 heterocycles. The predicted molar refractivity (Wildman–Crippen MR) is 109 cm³/mol. The van der Waals surface area contributed by atoms with E-state index < -0.39 is 6.04 Å². The largest absolute Gasteiger partial charge is 0.367 e. The number of hydrogen-bond acceptors (Lipinski definition) is 5. The van der Waals surface area contributed by atoms with Crippen LogP contribution in [-0.2, 0) is 11.3 Å². The van der Waals surface area contributed by atoms with Gasteiger partial charge in [0.1, 0.15) is 12.2 Å². The van der Waals surface area contributed by atoms with Gasteiger partial charge < -0.3 is 10.6 Å². The highest BCUT2D eigenvalue weighted by Crippen LogP contribution is 2.16. The van der Waals surface area contributed by atoms with E-state index in [1.807, 2.05) is 6.07 Å². The number of nitrogens with one attached hydrogen (secondary N) is 5. The minimum absolute atomic E-state index is 0.0678. The molecule has 2 aromatic rings. The summed E-state index contributed by atoms with van der Waals surface area (Å²) in [5.41, 5.74) is 14.7. The van der Waals surface area contributed by atoms with E-state index in [1.54, 1.807) is 0 Å². The summed E-state index contributed by atoms with van der Waals surface area (Å²) >= 11 is 0. The van der Waals surface area contributed by atoms with E-state index in [2.05, 4.69) is 91.1 Å². The molecule has 5 N–H and O–H groups in total. The monoisotopic (exact) mass is 367 g/mol. The van der Waals surface area contributed by atoms with Gasteiger partial charge >= 0.3 is 0 Å². The van der Waals surface area contributed by atoms with Gasteiger partial charge in [0.25, 0.3) is 0 Å². The van der Waals surface area contributed by atoms with Crippen LogP contribution >= 0.6 is 0 Å². The molecule has 144 valence electrons. The smallest absolute Gasteiger partial charge is 0.242 e. The summed E-state index contributed by atoms with van der Waals surface area (Å²) in [4.78, 5) is 12.6. The van der Waals surface area contributed by atoms with Crippen LogP contribution in [0.5, 0.6) is 0 Å². The normalized spacial score (nSPS) is 19.3. The molecule has 0 aromatic heterocycles.